The first-order chi connectivity index (χ1) is 20.6. The summed E-state index contributed by atoms with van der Waals surface area (Å²) >= 11 is 0. The number of aromatic nitrogens is 1. The summed E-state index contributed by atoms with van der Waals surface area (Å²) in [5, 5.41) is 10.3. The minimum atomic E-state index is -0.411. The Kier molecular flexibility index (Phi) is 6.65. The van der Waals surface area contributed by atoms with Gasteiger partial charge in [0.15, 0.2) is 17.3 Å². The van der Waals surface area contributed by atoms with Crippen LogP contribution in [0, 0.1) is 0 Å². The molecule has 5 aromatic rings. The minimum absolute atomic E-state index is 0.0129. The number of H-pyrrole nitrogens is 1. The molecule has 2 atom stereocenters. The lowest BCUT2D eigenvalue weighted by Gasteiger charge is -2.30. The number of para-hydroxylation sites is 2. The molecule has 0 spiro atoms. The van der Waals surface area contributed by atoms with Gasteiger partial charge in [-0.15, -0.1) is 0 Å². The number of fused-ring (bicyclic) bond motifs is 4. The molecule has 0 aliphatic carbocycles. The van der Waals surface area contributed by atoms with Crippen LogP contribution < -0.4 is 25.4 Å². The third kappa shape index (κ3) is 5.11. The smallest absolute Gasteiger partial charge is 0.323 e. The fourth-order valence-electron chi connectivity index (χ4n) is 5.56. The van der Waals surface area contributed by atoms with Crippen LogP contribution in [0.1, 0.15) is 28.4 Å². The van der Waals surface area contributed by atoms with E-state index in [1.807, 2.05) is 84.9 Å². The molecule has 4 N–H and O–H groups in total. The summed E-state index contributed by atoms with van der Waals surface area (Å²) < 4.78 is 11.1. The van der Waals surface area contributed by atoms with Gasteiger partial charge in [-0.2, -0.15) is 0 Å². The number of carbonyl (C=O) groups is 2. The first-order valence-corrected chi connectivity index (χ1v) is 13.8. The summed E-state index contributed by atoms with van der Waals surface area (Å²) in [5.74, 6) is 1.41. The number of hydrogen-bond acceptors (Lipinski definition) is 5. The lowest BCUT2D eigenvalue weighted by molar-refractivity contribution is -0.116. The van der Waals surface area contributed by atoms with Gasteiger partial charge in [-0.05, 0) is 71.7 Å². The van der Waals surface area contributed by atoms with Crippen LogP contribution in [0.5, 0.6) is 11.5 Å². The summed E-state index contributed by atoms with van der Waals surface area (Å²) in [7, 11) is 0. The van der Waals surface area contributed by atoms with Crippen LogP contribution in [0.3, 0.4) is 0 Å². The average molecular weight is 557 g/mol. The Labute approximate surface area is 242 Å². The maximum Gasteiger partial charge on any atom is 0.323 e. The SMILES string of the molecule is O=C(Nc1ccccc1)Nc1ccc(C=CC(=O)C2Cc3c([nH]c4ccccc34)C(c3ccc4c(c3)OCO4)N2)cc1. The number of amides is 2. The van der Waals surface area contributed by atoms with Crippen LogP contribution in [0.25, 0.3) is 17.0 Å². The predicted octanol–water partition coefficient (Wildman–Crippen LogP) is 6.43. The maximum atomic E-state index is 13.5. The highest BCUT2D eigenvalue weighted by atomic mass is 16.7. The van der Waals surface area contributed by atoms with E-state index in [4.69, 9.17) is 9.47 Å². The highest BCUT2D eigenvalue weighted by Crippen LogP contribution is 2.39. The molecular formula is C34H28N4O4. The molecule has 2 aliphatic heterocycles. The molecule has 0 saturated heterocycles. The molecule has 42 heavy (non-hydrogen) atoms. The number of urea groups is 1. The van der Waals surface area contributed by atoms with Crippen molar-refractivity contribution in [2.24, 2.45) is 0 Å². The molecule has 1 aromatic heterocycles. The third-order valence-corrected chi connectivity index (χ3v) is 7.63. The van der Waals surface area contributed by atoms with Gasteiger partial charge in [-0.25, -0.2) is 4.79 Å². The topological polar surface area (TPSA) is 104 Å². The number of ketones is 1. The second-order valence-corrected chi connectivity index (χ2v) is 10.3. The van der Waals surface area contributed by atoms with Crippen LogP contribution in [-0.4, -0.2) is 29.6 Å². The van der Waals surface area contributed by atoms with Crippen LogP contribution in [0.4, 0.5) is 16.2 Å². The molecule has 208 valence electrons. The fraction of sp³-hybridized carbons (Fsp3) is 0.118. The van der Waals surface area contributed by atoms with Gasteiger partial charge in [-0.1, -0.05) is 60.7 Å². The van der Waals surface area contributed by atoms with Gasteiger partial charge in [-0.3, -0.25) is 10.1 Å². The van der Waals surface area contributed by atoms with E-state index in [0.29, 0.717) is 23.5 Å². The van der Waals surface area contributed by atoms with E-state index in [-0.39, 0.29) is 24.6 Å². The molecule has 0 radical (unpaired) electrons. The van der Waals surface area contributed by atoms with Crippen molar-refractivity contribution in [2.75, 3.05) is 17.4 Å². The first kappa shape index (κ1) is 25.6. The Morgan fingerprint density at radius 2 is 1.55 bits per heavy atom. The quantitative estimate of drug-likeness (QED) is 0.181. The molecule has 2 amide bonds. The molecule has 7 rings (SSSR count). The highest BCUT2D eigenvalue weighted by Gasteiger charge is 2.33. The predicted molar refractivity (Wildman–Crippen MR) is 163 cm³/mol. The lowest BCUT2D eigenvalue weighted by atomic mass is 9.88. The van der Waals surface area contributed by atoms with Crippen LogP contribution >= 0.6 is 0 Å². The standard InChI is InChI=1S/C34H28N4O4/c39-29(16-12-21-10-14-24(15-11-21)36-34(40)35-23-6-2-1-3-7-23)28-19-26-25-8-4-5-9-27(25)37-33(26)32(38-28)22-13-17-30-31(18-22)42-20-41-30/h1-18,28,32,37-38H,19-20H2,(H2,35,36,40). The zero-order valence-electron chi connectivity index (χ0n) is 22.6. The van der Waals surface area contributed by atoms with Crippen molar-refractivity contribution in [3.8, 4) is 11.5 Å². The van der Waals surface area contributed by atoms with E-state index >= 15 is 0 Å². The fourth-order valence-corrected chi connectivity index (χ4v) is 5.56. The number of hydrogen-bond donors (Lipinski definition) is 4. The van der Waals surface area contributed by atoms with Crippen molar-refractivity contribution in [1.29, 1.82) is 0 Å². The van der Waals surface area contributed by atoms with Crippen molar-refractivity contribution < 1.29 is 19.1 Å². The van der Waals surface area contributed by atoms with Crippen LogP contribution in [-0.2, 0) is 11.2 Å². The Hall–Kier alpha value is -5.34. The Balaban J connectivity index is 1.08. The molecule has 8 nitrogen and oxygen atoms in total. The van der Waals surface area contributed by atoms with Crippen LogP contribution in [0.2, 0.25) is 0 Å². The van der Waals surface area contributed by atoms with E-state index in [2.05, 4.69) is 33.1 Å². The molecule has 0 bridgehead atoms. The zero-order valence-corrected chi connectivity index (χ0v) is 22.6. The van der Waals surface area contributed by atoms with E-state index in [0.717, 1.165) is 39.0 Å². The highest BCUT2D eigenvalue weighted by molar-refractivity contribution is 6.00. The van der Waals surface area contributed by atoms with Crippen LogP contribution in [0.15, 0.2) is 103 Å². The Bertz CT molecular complexity index is 1810. The number of rotatable bonds is 6. The number of aromatic amines is 1. The van der Waals surface area contributed by atoms with Gasteiger partial charge in [0.1, 0.15) is 0 Å². The normalized spacial score (nSPS) is 17.2. The van der Waals surface area contributed by atoms with Gasteiger partial charge >= 0.3 is 6.03 Å². The molecule has 2 unspecified atom stereocenters. The van der Waals surface area contributed by atoms with Gasteiger partial charge < -0.3 is 25.1 Å². The van der Waals surface area contributed by atoms with Gasteiger partial charge in [0.2, 0.25) is 6.79 Å². The summed E-state index contributed by atoms with van der Waals surface area (Å²) in [6.45, 7) is 0.207. The summed E-state index contributed by atoms with van der Waals surface area (Å²) in [6.07, 6.45) is 4.00. The molecule has 2 aliphatic rings. The number of ether oxygens (including phenoxy) is 2. The van der Waals surface area contributed by atoms with E-state index in [1.54, 1.807) is 12.2 Å². The van der Waals surface area contributed by atoms with E-state index in [9.17, 15) is 9.59 Å². The second kappa shape index (κ2) is 10.9. The second-order valence-electron chi connectivity index (χ2n) is 10.3. The average Bonchev–Trinajstić information content (AvgIpc) is 3.65. The van der Waals surface area contributed by atoms with Crippen molar-refractivity contribution >= 4 is 40.2 Å². The Morgan fingerprint density at radius 1 is 0.810 bits per heavy atom. The molecular weight excluding hydrogens is 528 g/mol. The Morgan fingerprint density at radius 3 is 2.38 bits per heavy atom. The minimum Gasteiger partial charge on any atom is -0.454 e. The number of benzene rings is 4. The van der Waals surface area contributed by atoms with Gasteiger partial charge in [0.25, 0.3) is 0 Å². The number of anilines is 2. The van der Waals surface area contributed by atoms with Gasteiger partial charge in [0.05, 0.1) is 12.1 Å². The number of nitrogens with one attached hydrogen (secondary N) is 4. The van der Waals surface area contributed by atoms with Gasteiger partial charge in [0, 0.05) is 28.0 Å². The van der Waals surface area contributed by atoms with Crippen molar-refractivity contribution in [1.82, 2.24) is 10.3 Å². The monoisotopic (exact) mass is 556 g/mol. The summed E-state index contributed by atoms with van der Waals surface area (Å²) in [6, 6.07) is 29.7. The first-order valence-electron chi connectivity index (χ1n) is 13.8. The summed E-state index contributed by atoms with van der Waals surface area (Å²) in [5.41, 5.74) is 6.46. The summed E-state index contributed by atoms with van der Waals surface area (Å²) in [4.78, 5) is 29.4. The number of carbonyl (C=O) groups excluding carboxylic acids is 2. The molecule has 0 fully saturated rings. The van der Waals surface area contributed by atoms with E-state index in [1.165, 1.54) is 0 Å². The maximum absolute atomic E-state index is 13.5. The third-order valence-electron chi connectivity index (χ3n) is 7.63. The lowest BCUT2D eigenvalue weighted by Crippen LogP contribution is -2.44. The molecule has 3 heterocycles. The van der Waals surface area contributed by atoms with Crippen molar-refractivity contribution in [3.05, 3.63) is 126 Å². The molecule has 8 heteroatoms. The zero-order chi connectivity index (χ0) is 28.5. The molecule has 0 saturated carbocycles. The largest absolute Gasteiger partial charge is 0.454 e. The van der Waals surface area contributed by atoms with Crippen molar-refractivity contribution in [2.45, 2.75) is 18.5 Å². The van der Waals surface area contributed by atoms with E-state index < -0.39 is 6.04 Å². The molecule has 4 aromatic carbocycles. The van der Waals surface area contributed by atoms with Crippen molar-refractivity contribution in [3.63, 3.8) is 0 Å².